The van der Waals surface area contributed by atoms with Gasteiger partial charge in [0.2, 0.25) is 10.0 Å². The van der Waals surface area contributed by atoms with Crippen LogP contribution in [-0.2, 0) is 16.6 Å². The fraction of sp³-hybridized carbons (Fsp3) is 0.167. The van der Waals surface area contributed by atoms with Crippen LogP contribution in [0.25, 0.3) is 0 Å². The molecule has 0 unspecified atom stereocenters. The molecule has 20 heavy (non-hydrogen) atoms. The maximum absolute atomic E-state index is 11.2. The molecule has 2 rings (SSSR count). The van der Waals surface area contributed by atoms with E-state index in [0.717, 1.165) is 21.3 Å². The number of rotatable bonds is 5. The van der Waals surface area contributed by atoms with Crippen molar-refractivity contribution in [2.45, 2.75) is 6.54 Å². The van der Waals surface area contributed by atoms with E-state index in [1.165, 1.54) is 0 Å². The molecule has 0 aliphatic rings. The highest BCUT2D eigenvalue weighted by Crippen LogP contribution is 2.27. The Balaban J connectivity index is 2.05. The summed E-state index contributed by atoms with van der Waals surface area (Å²) in [6.45, 7) is 0.678. The fourth-order valence-corrected chi connectivity index (χ4v) is 3.62. The van der Waals surface area contributed by atoms with Gasteiger partial charge in [0.1, 0.15) is 0 Å². The Morgan fingerprint density at radius 3 is 2.65 bits per heavy atom. The van der Waals surface area contributed by atoms with Crippen LogP contribution >= 0.6 is 38.9 Å². The van der Waals surface area contributed by atoms with E-state index >= 15 is 0 Å². The predicted molar refractivity (Wildman–Crippen MR) is 89.3 cm³/mol. The Kier molecular flexibility index (Phi) is 4.95. The molecule has 8 heteroatoms. The summed E-state index contributed by atoms with van der Waals surface area (Å²) in [6, 6.07) is 7.14. The predicted octanol–water partition coefficient (Wildman–Crippen LogP) is 4.15. The lowest BCUT2D eigenvalue weighted by Gasteiger charge is -2.09. The van der Waals surface area contributed by atoms with Crippen molar-refractivity contribution >= 4 is 60.3 Å². The van der Waals surface area contributed by atoms with Gasteiger partial charge in [0.15, 0.2) is 0 Å². The Morgan fingerprint density at radius 1 is 1.35 bits per heavy atom. The Morgan fingerprint density at radius 2 is 2.10 bits per heavy atom. The molecule has 0 spiro atoms. The first kappa shape index (κ1) is 15.6. The summed E-state index contributed by atoms with van der Waals surface area (Å²) in [5, 5.41) is 5.64. The van der Waals surface area contributed by atoms with E-state index in [1.807, 2.05) is 6.07 Å². The monoisotopic (exact) mass is 394 g/mol. The van der Waals surface area contributed by atoms with Crippen LogP contribution in [0.4, 0.5) is 11.4 Å². The summed E-state index contributed by atoms with van der Waals surface area (Å²) in [5.41, 5.74) is 2.37. The molecule has 0 aliphatic carbocycles. The highest BCUT2D eigenvalue weighted by molar-refractivity contribution is 9.11. The largest absolute Gasteiger partial charge is 0.381 e. The molecule has 0 fully saturated rings. The fourth-order valence-electron chi connectivity index (χ4n) is 1.55. The molecule has 2 N–H and O–H groups in total. The van der Waals surface area contributed by atoms with Crippen LogP contribution in [0.3, 0.4) is 0 Å². The normalized spacial score (nSPS) is 11.3. The van der Waals surface area contributed by atoms with E-state index in [0.29, 0.717) is 17.3 Å². The van der Waals surface area contributed by atoms with Gasteiger partial charge < -0.3 is 5.32 Å². The number of anilines is 2. The first-order valence-electron chi connectivity index (χ1n) is 5.57. The smallest absolute Gasteiger partial charge is 0.229 e. The standard InChI is InChI=1S/C12H12BrClN2O2S2/c1-20(17,18)16-11-3-2-9(5-10(11)14)15-6-8-4-12(13)19-7-8/h2-5,7,15-16H,6H2,1H3. The molecule has 2 aromatic rings. The lowest BCUT2D eigenvalue weighted by atomic mass is 10.2. The van der Waals surface area contributed by atoms with Crippen molar-refractivity contribution < 1.29 is 8.42 Å². The van der Waals surface area contributed by atoms with Crippen molar-refractivity contribution in [3.8, 4) is 0 Å². The average Bonchev–Trinajstić information content (AvgIpc) is 2.74. The maximum Gasteiger partial charge on any atom is 0.229 e. The molecule has 0 aliphatic heterocycles. The van der Waals surface area contributed by atoms with Crippen molar-refractivity contribution in [2.24, 2.45) is 0 Å². The van der Waals surface area contributed by atoms with E-state index in [9.17, 15) is 8.42 Å². The van der Waals surface area contributed by atoms with Gasteiger partial charge in [-0.15, -0.1) is 11.3 Å². The molecular weight excluding hydrogens is 384 g/mol. The third-order valence-corrected chi connectivity index (χ3v) is 4.84. The maximum atomic E-state index is 11.2. The Labute approximate surface area is 135 Å². The molecule has 0 radical (unpaired) electrons. The van der Waals surface area contributed by atoms with Crippen molar-refractivity contribution in [3.63, 3.8) is 0 Å². The van der Waals surface area contributed by atoms with Crippen molar-refractivity contribution in [1.29, 1.82) is 0 Å². The minimum absolute atomic E-state index is 0.354. The highest BCUT2D eigenvalue weighted by Gasteiger charge is 2.07. The van der Waals surface area contributed by atoms with E-state index in [4.69, 9.17) is 11.6 Å². The molecular formula is C12H12BrClN2O2S2. The van der Waals surface area contributed by atoms with Crippen LogP contribution in [0, 0.1) is 0 Å². The third kappa shape index (κ3) is 4.66. The number of hydrogen-bond donors (Lipinski definition) is 2. The number of hydrogen-bond acceptors (Lipinski definition) is 4. The first-order chi connectivity index (χ1) is 9.33. The van der Waals surface area contributed by atoms with Crippen LogP contribution in [0.15, 0.2) is 33.4 Å². The zero-order chi connectivity index (χ0) is 14.8. The molecule has 0 bridgehead atoms. The SMILES string of the molecule is CS(=O)(=O)Nc1ccc(NCc2csc(Br)c2)cc1Cl. The number of nitrogens with one attached hydrogen (secondary N) is 2. The van der Waals surface area contributed by atoms with Crippen LogP contribution in [-0.4, -0.2) is 14.7 Å². The van der Waals surface area contributed by atoms with Gasteiger partial charge in [0, 0.05) is 12.2 Å². The second kappa shape index (κ2) is 6.34. The van der Waals surface area contributed by atoms with Crippen molar-refractivity contribution in [2.75, 3.05) is 16.3 Å². The summed E-state index contributed by atoms with van der Waals surface area (Å²) in [6.07, 6.45) is 1.09. The molecule has 0 saturated heterocycles. The summed E-state index contributed by atoms with van der Waals surface area (Å²) in [7, 11) is -3.32. The van der Waals surface area contributed by atoms with Crippen molar-refractivity contribution in [1.82, 2.24) is 0 Å². The van der Waals surface area contributed by atoms with E-state index in [1.54, 1.807) is 29.5 Å². The summed E-state index contributed by atoms with van der Waals surface area (Å²) in [5.74, 6) is 0. The van der Waals surface area contributed by atoms with Gasteiger partial charge in [-0.1, -0.05) is 11.6 Å². The molecule has 1 heterocycles. The highest BCUT2D eigenvalue weighted by atomic mass is 79.9. The van der Waals surface area contributed by atoms with Gasteiger partial charge in [-0.3, -0.25) is 4.72 Å². The Bertz CT molecular complexity index is 716. The molecule has 0 atom stereocenters. The number of sulfonamides is 1. The van der Waals surface area contributed by atoms with Crippen LogP contribution < -0.4 is 10.0 Å². The van der Waals surface area contributed by atoms with E-state index in [2.05, 4.69) is 31.3 Å². The number of halogens is 2. The molecule has 1 aromatic heterocycles. The van der Waals surface area contributed by atoms with Crippen LogP contribution in [0.2, 0.25) is 5.02 Å². The summed E-state index contributed by atoms with van der Waals surface area (Å²) < 4.78 is 25.8. The minimum Gasteiger partial charge on any atom is -0.381 e. The number of benzene rings is 1. The second-order valence-electron chi connectivity index (χ2n) is 4.18. The third-order valence-electron chi connectivity index (χ3n) is 2.38. The van der Waals surface area contributed by atoms with Gasteiger partial charge >= 0.3 is 0 Å². The van der Waals surface area contributed by atoms with Crippen molar-refractivity contribution in [3.05, 3.63) is 44.0 Å². The quantitative estimate of drug-likeness (QED) is 0.799. The summed E-state index contributed by atoms with van der Waals surface area (Å²) >= 11 is 11.1. The minimum atomic E-state index is -3.32. The van der Waals surface area contributed by atoms with Gasteiger partial charge in [0.05, 0.1) is 20.8 Å². The molecule has 1 aromatic carbocycles. The zero-order valence-electron chi connectivity index (χ0n) is 10.5. The van der Waals surface area contributed by atoms with E-state index in [-0.39, 0.29) is 0 Å². The van der Waals surface area contributed by atoms with Gasteiger partial charge in [0.25, 0.3) is 0 Å². The molecule has 108 valence electrons. The van der Waals surface area contributed by atoms with Crippen LogP contribution in [0.1, 0.15) is 5.56 Å². The average molecular weight is 396 g/mol. The molecule has 0 amide bonds. The number of thiophene rings is 1. The van der Waals surface area contributed by atoms with E-state index < -0.39 is 10.0 Å². The lowest BCUT2D eigenvalue weighted by molar-refractivity contribution is 0.607. The second-order valence-corrected chi connectivity index (χ2v) is 8.63. The van der Waals surface area contributed by atoms with Crippen LogP contribution in [0.5, 0.6) is 0 Å². The van der Waals surface area contributed by atoms with Gasteiger partial charge in [-0.2, -0.15) is 0 Å². The molecule has 0 saturated carbocycles. The lowest BCUT2D eigenvalue weighted by Crippen LogP contribution is -2.10. The topological polar surface area (TPSA) is 58.2 Å². The summed E-state index contributed by atoms with van der Waals surface area (Å²) in [4.78, 5) is 0. The first-order valence-corrected chi connectivity index (χ1v) is 9.52. The van der Waals surface area contributed by atoms with Gasteiger partial charge in [-0.25, -0.2) is 8.42 Å². The molecule has 4 nitrogen and oxygen atoms in total. The van der Waals surface area contributed by atoms with Gasteiger partial charge in [-0.05, 0) is 51.1 Å². The Hall–Kier alpha value is -0.760. The zero-order valence-corrected chi connectivity index (χ0v) is 14.5.